The molecular formula is C6H8N2O3. The molecule has 5 nitrogen and oxygen atoms in total. The molecule has 3 amide bonds. The molecule has 2 aliphatic heterocycles. The van der Waals surface area contributed by atoms with E-state index in [1.54, 1.807) is 0 Å². The monoisotopic (exact) mass is 156 g/mol. The van der Waals surface area contributed by atoms with Crippen molar-refractivity contribution < 1.29 is 14.3 Å². The third-order valence-corrected chi connectivity index (χ3v) is 1.97. The summed E-state index contributed by atoms with van der Waals surface area (Å²) in [7, 11) is 0. The average molecular weight is 156 g/mol. The number of urea groups is 1. The van der Waals surface area contributed by atoms with Crippen molar-refractivity contribution in [2.24, 2.45) is 5.92 Å². The molecule has 2 saturated heterocycles. The number of ether oxygens (including phenoxy) is 1. The number of carbonyl (C=O) groups excluding carboxylic acids is 2. The zero-order chi connectivity index (χ0) is 7.84. The Morgan fingerprint density at radius 1 is 1.36 bits per heavy atom. The van der Waals surface area contributed by atoms with E-state index in [1.165, 1.54) is 0 Å². The van der Waals surface area contributed by atoms with Crippen LogP contribution in [-0.4, -0.2) is 31.2 Å². The number of nitrogens with one attached hydrogen (secondary N) is 2. The summed E-state index contributed by atoms with van der Waals surface area (Å²) in [5.74, 6) is -0.413. The van der Waals surface area contributed by atoms with Crippen LogP contribution in [0, 0.1) is 5.92 Å². The Morgan fingerprint density at radius 3 is 3.00 bits per heavy atom. The van der Waals surface area contributed by atoms with Gasteiger partial charge in [-0.05, 0) is 0 Å². The predicted molar refractivity (Wildman–Crippen MR) is 34.8 cm³/mol. The standard InChI is InChI=1S/C6H8N2O3/c9-5-3-1-11-2-4(3)7-6(10)8-5/h3-4H,1-2H2,(H2,7,8,9,10). The highest BCUT2D eigenvalue weighted by Crippen LogP contribution is 2.15. The first-order valence-corrected chi connectivity index (χ1v) is 3.46. The Morgan fingerprint density at radius 2 is 2.18 bits per heavy atom. The average Bonchev–Trinajstić information content (AvgIpc) is 2.34. The molecule has 0 radical (unpaired) electrons. The Balaban J connectivity index is 2.16. The van der Waals surface area contributed by atoms with Crippen LogP contribution in [0.25, 0.3) is 0 Å². The molecule has 0 aromatic carbocycles. The van der Waals surface area contributed by atoms with E-state index in [9.17, 15) is 9.59 Å². The van der Waals surface area contributed by atoms with Crippen LogP contribution in [0.4, 0.5) is 4.79 Å². The van der Waals surface area contributed by atoms with Gasteiger partial charge in [0.25, 0.3) is 0 Å². The summed E-state index contributed by atoms with van der Waals surface area (Å²) in [5, 5.41) is 4.79. The number of imide groups is 1. The molecule has 2 heterocycles. The Kier molecular flexibility index (Phi) is 1.32. The highest BCUT2D eigenvalue weighted by molar-refractivity contribution is 5.98. The van der Waals surface area contributed by atoms with E-state index in [0.717, 1.165) is 0 Å². The summed E-state index contributed by atoms with van der Waals surface area (Å²) < 4.78 is 5.03. The van der Waals surface area contributed by atoms with E-state index in [-0.39, 0.29) is 17.9 Å². The minimum Gasteiger partial charge on any atom is -0.378 e. The molecule has 5 heteroatoms. The van der Waals surface area contributed by atoms with E-state index in [1.807, 2.05) is 0 Å². The van der Waals surface area contributed by atoms with E-state index < -0.39 is 6.03 Å². The van der Waals surface area contributed by atoms with Crippen LogP contribution in [0.2, 0.25) is 0 Å². The molecular weight excluding hydrogens is 148 g/mol. The van der Waals surface area contributed by atoms with Gasteiger partial charge in [0.2, 0.25) is 5.91 Å². The van der Waals surface area contributed by atoms with Crippen LogP contribution >= 0.6 is 0 Å². The molecule has 11 heavy (non-hydrogen) atoms. The number of hydrogen-bond donors (Lipinski definition) is 2. The Bertz CT molecular complexity index is 216. The number of amides is 3. The maximum absolute atomic E-state index is 11.0. The van der Waals surface area contributed by atoms with Gasteiger partial charge in [-0.1, -0.05) is 0 Å². The fourth-order valence-corrected chi connectivity index (χ4v) is 1.36. The van der Waals surface area contributed by atoms with E-state index in [0.29, 0.717) is 13.2 Å². The van der Waals surface area contributed by atoms with Gasteiger partial charge in [-0.15, -0.1) is 0 Å². The van der Waals surface area contributed by atoms with E-state index in [2.05, 4.69) is 10.6 Å². The summed E-state index contributed by atoms with van der Waals surface area (Å²) >= 11 is 0. The lowest BCUT2D eigenvalue weighted by Gasteiger charge is -2.23. The molecule has 0 bridgehead atoms. The van der Waals surface area contributed by atoms with Crippen molar-refractivity contribution in [1.29, 1.82) is 0 Å². The molecule has 2 unspecified atom stereocenters. The van der Waals surface area contributed by atoms with Crippen molar-refractivity contribution in [3.8, 4) is 0 Å². The number of fused-ring (bicyclic) bond motifs is 1. The first-order valence-electron chi connectivity index (χ1n) is 3.46. The summed E-state index contributed by atoms with van der Waals surface area (Å²) in [6.07, 6.45) is 0. The zero-order valence-electron chi connectivity index (χ0n) is 5.79. The topological polar surface area (TPSA) is 67.4 Å². The summed E-state index contributed by atoms with van der Waals surface area (Å²) in [6.45, 7) is 0.862. The second kappa shape index (κ2) is 2.20. The van der Waals surface area contributed by atoms with Gasteiger partial charge in [0.15, 0.2) is 0 Å². The van der Waals surface area contributed by atoms with Crippen LogP contribution in [0.3, 0.4) is 0 Å². The van der Waals surface area contributed by atoms with Crippen molar-refractivity contribution in [3.05, 3.63) is 0 Å². The first kappa shape index (κ1) is 6.60. The Hall–Kier alpha value is -1.10. The second-order valence-electron chi connectivity index (χ2n) is 2.71. The molecule has 2 N–H and O–H groups in total. The Labute approximate surface area is 63.1 Å². The fourth-order valence-electron chi connectivity index (χ4n) is 1.36. The van der Waals surface area contributed by atoms with Gasteiger partial charge in [-0.2, -0.15) is 0 Å². The zero-order valence-corrected chi connectivity index (χ0v) is 5.79. The smallest absolute Gasteiger partial charge is 0.321 e. The van der Waals surface area contributed by atoms with Gasteiger partial charge >= 0.3 is 6.03 Å². The highest BCUT2D eigenvalue weighted by Gasteiger charge is 2.39. The molecule has 60 valence electrons. The van der Waals surface area contributed by atoms with Crippen LogP contribution in [0.1, 0.15) is 0 Å². The third kappa shape index (κ3) is 0.970. The molecule has 2 fully saturated rings. The summed E-state index contributed by atoms with van der Waals surface area (Å²) in [4.78, 5) is 21.8. The van der Waals surface area contributed by atoms with Crippen LogP contribution in [0.15, 0.2) is 0 Å². The quantitative estimate of drug-likeness (QED) is 0.465. The minimum atomic E-state index is -0.415. The van der Waals surface area contributed by atoms with Gasteiger partial charge in [0, 0.05) is 0 Å². The molecule has 0 saturated carbocycles. The first-order chi connectivity index (χ1) is 5.27. The van der Waals surface area contributed by atoms with Gasteiger partial charge in [-0.25, -0.2) is 4.79 Å². The lowest BCUT2D eigenvalue weighted by Crippen LogP contribution is -2.57. The lowest BCUT2D eigenvalue weighted by molar-refractivity contribution is -0.125. The summed E-state index contributed by atoms with van der Waals surface area (Å²) in [6, 6.07) is -0.530. The van der Waals surface area contributed by atoms with Crippen molar-refractivity contribution in [2.45, 2.75) is 6.04 Å². The number of rotatable bonds is 0. The van der Waals surface area contributed by atoms with E-state index in [4.69, 9.17) is 4.74 Å². The largest absolute Gasteiger partial charge is 0.378 e. The molecule has 2 atom stereocenters. The lowest BCUT2D eigenvalue weighted by atomic mass is 10.0. The highest BCUT2D eigenvalue weighted by atomic mass is 16.5. The molecule has 0 aromatic heterocycles. The maximum atomic E-state index is 11.0. The van der Waals surface area contributed by atoms with Crippen LogP contribution in [0.5, 0.6) is 0 Å². The van der Waals surface area contributed by atoms with Gasteiger partial charge in [0.1, 0.15) is 0 Å². The predicted octanol–water partition coefficient (Wildman–Crippen LogP) is -1.16. The second-order valence-corrected chi connectivity index (χ2v) is 2.71. The van der Waals surface area contributed by atoms with Crippen molar-refractivity contribution in [2.75, 3.05) is 13.2 Å². The summed E-state index contributed by atoms with van der Waals surface area (Å²) in [5.41, 5.74) is 0. The minimum absolute atomic E-state index is 0.115. The number of hydrogen-bond acceptors (Lipinski definition) is 3. The van der Waals surface area contributed by atoms with E-state index >= 15 is 0 Å². The molecule has 0 aromatic rings. The molecule has 2 rings (SSSR count). The molecule has 0 spiro atoms. The fraction of sp³-hybridized carbons (Fsp3) is 0.667. The van der Waals surface area contributed by atoms with Crippen molar-refractivity contribution in [1.82, 2.24) is 10.6 Å². The van der Waals surface area contributed by atoms with Gasteiger partial charge in [0.05, 0.1) is 25.2 Å². The van der Waals surface area contributed by atoms with Crippen molar-refractivity contribution >= 4 is 11.9 Å². The SMILES string of the molecule is O=C1NC(=O)C2COCC2N1. The van der Waals surface area contributed by atoms with Gasteiger partial charge < -0.3 is 10.1 Å². The third-order valence-electron chi connectivity index (χ3n) is 1.97. The van der Waals surface area contributed by atoms with Crippen LogP contribution in [-0.2, 0) is 9.53 Å². The maximum Gasteiger partial charge on any atom is 0.321 e. The molecule has 2 aliphatic rings. The number of carbonyl (C=O) groups is 2. The van der Waals surface area contributed by atoms with Gasteiger partial charge in [-0.3, -0.25) is 10.1 Å². The van der Waals surface area contributed by atoms with Crippen LogP contribution < -0.4 is 10.6 Å². The van der Waals surface area contributed by atoms with Crippen molar-refractivity contribution in [3.63, 3.8) is 0 Å². The molecule has 0 aliphatic carbocycles. The normalized spacial score (nSPS) is 36.0.